The summed E-state index contributed by atoms with van der Waals surface area (Å²) in [5.41, 5.74) is 10.2. The van der Waals surface area contributed by atoms with Crippen LogP contribution in [-0.2, 0) is 0 Å². The van der Waals surface area contributed by atoms with E-state index in [9.17, 15) is 0 Å². The molecule has 1 aromatic heterocycles. The highest BCUT2D eigenvalue weighted by atomic mass is 15.1. The van der Waals surface area contributed by atoms with Crippen LogP contribution in [0.1, 0.15) is 18.1 Å². The molecule has 0 bridgehead atoms. The Kier molecular flexibility index (Phi) is 6.94. The second-order valence-corrected chi connectivity index (χ2v) is 10.7. The minimum atomic E-state index is 1.11. The molecule has 0 N–H and O–H groups in total. The summed E-state index contributed by atoms with van der Waals surface area (Å²) in [4.78, 5) is 2.34. The van der Waals surface area contributed by atoms with Crippen molar-refractivity contribution in [3.63, 3.8) is 0 Å². The van der Waals surface area contributed by atoms with Gasteiger partial charge in [0.1, 0.15) is 0 Å². The van der Waals surface area contributed by atoms with E-state index < -0.39 is 0 Å². The molecule has 0 unspecified atom stereocenters. The molecule has 0 atom stereocenters. The zero-order valence-electron chi connectivity index (χ0n) is 24.2. The lowest BCUT2D eigenvalue weighted by Crippen LogP contribution is -2.09. The predicted molar refractivity (Wildman–Crippen MR) is 186 cm³/mol. The van der Waals surface area contributed by atoms with Crippen molar-refractivity contribution in [3.05, 3.63) is 169 Å². The number of allylic oxidation sites excluding steroid dienone is 1. The first-order valence-corrected chi connectivity index (χ1v) is 14.7. The fourth-order valence-corrected chi connectivity index (χ4v) is 5.99. The molecule has 2 nitrogen and oxygen atoms in total. The van der Waals surface area contributed by atoms with Crippen LogP contribution in [0.15, 0.2) is 158 Å². The van der Waals surface area contributed by atoms with Crippen molar-refractivity contribution >= 4 is 50.9 Å². The first kappa shape index (κ1) is 26.3. The summed E-state index contributed by atoms with van der Waals surface area (Å²) >= 11 is 0. The number of fused-ring (bicyclic) bond motifs is 2. The highest BCUT2D eigenvalue weighted by molar-refractivity contribution is 5.95. The third kappa shape index (κ3) is 4.94. The first-order chi connectivity index (χ1) is 21.2. The van der Waals surface area contributed by atoms with Gasteiger partial charge >= 0.3 is 0 Å². The van der Waals surface area contributed by atoms with Gasteiger partial charge in [0.2, 0.25) is 0 Å². The van der Waals surface area contributed by atoms with Gasteiger partial charge in [-0.3, -0.25) is 0 Å². The van der Waals surface area contributed by atoms with E-state index in [0.29, 0.717) is 0 Å². The van der Waals surface area contributed by atoms with Crippen LogP contribution in [0.2, 0.25) is 0 Å². The molecule has 6 aromatic carbocycles. The number of para-hydroxylation sites is 1. The van der Waals surface area contributed by atoms with E-state index in [0.717, 1.165) is 45.1 Å². The number of benzene rings is 6. The van der Waals surface area contributed by atoms with Crippen LogP contribution in [0.4, 0.5) is 17.1 Å². The van der Waals surface area contributed by atoms with Gasteiger partial charge in [0, 0.05) is 28.1 Å². The smallest absolute Gasteiger partial charge is 0.0541 e. The van der Waals surface area contributed by atoms with E-state index in [4.69, 9.17) is 0 Å². The van der Waals surface area contributed by atoms with E-state index in [-0.39, 0.29) is 0 Å². The Hall–Kier alpha value is -5.60. The minimum absolute atomic E-state index is 1.11. The van der Waals surface area contributed by atoms with Crippen molar-refractivity contribution in [2.75, 3.05) is 4.90 Å². The quantitative estimate of drug-likeness (QED) is 0.191. The van der Waals surface area contributed by atoms with E-state index in [1.807, 2.05) is 13.0 Å². The largest absolute Gasteiger partial charge is 0.310 e. The van der Waals surface area contributed by atoms with Crippen LogP contribution in [0.3, 0.4) is 0 Å². The highest BCUT2D eigenvalue weighted by Crippen LogP contribution is 2.40. The van der Waals surface area contributed by atoms with Gasteiger partial charge in [-0.15, -0.1) is 0 Å². The molecule has 0 aliphatic rings. The summed E-state index contributed by atoms with van der Waals surface area (Å²) in [6, 6.07) is 52.2. The lowest BCUT2D eigenvalue weighted by atomic mass is 10.1. The van der Waals surface area contributed by atoms with E-state index in [1.54, 1.807) is 0 Å². The van der Waals surface area contributed by atoms with Crippen molar-refractivity contribution in [3.8, 4) is 16.9 Å². The number of anilines is 3. The molecule has 7 aromatic rings. The van der Waals surface area contributed by atoms with Crippen molar-refractivity contribution in [2.24, 2.45) is 0 Å². The van der Waals surface area contributed by atoms with Crippen molar-refractivity contribution < 1.29 is 0 Å². The molecule has 1 heterocycles. The third-order valence-corrected chi connectivity index (χ3v) is 8.01. The molecular formula is C41H32N2. The van der Waals surface area contributed by atoms with E-state index in [2.05, 4.69) is 174 Å². The van der Waals surface area contributed by atoms with Crippen LogP contribution < -0.4 is 4.90 Å². The second-order valence-electron chi connectivity index (χ2n) is 10.7. The average Bonchev–Trinajstić information content (AvgIpc) is 3.45. The molecule has 0 fully saturated rings. The van der Waals surface area contributed by atoms with Gasteiger partial charge in [0.05, 0.1) is 11.2 Å². The number of nitrogens with zero attached hydrogens (tertiary/aromatic N) is 2. The fraction of sp³-hybridized carbons (Fsp3) is 0.0244. The van der Waals surface area contributed by atoms with Gasteiger partial charge < -0.3 is 9.47 Å². The molecule has 0 radical (unpaired) electrons. The van der Waals surface area contributed by atoms with Crippen LogP contribution in [-0.4, -0.2) is 4.57 Å². The Morgan fingerprint density at radius 2 is 1.23 bits per heavy atom. The molecule has 0 amide bonds. The standard InChI is InChI=1S/C41H32N2/c1-3-13-31-20-23-39(26-30(31)4-2)43-40-25-24-38(28-35(40)29-41(43)33-15-7-5-8-16-33)42(36-18-9-6-10-19-36)37-22-21-32-14-11-12-17-34(32)27-37/h3-29H,2H2,1H3/b13-3-. The summed E-state index contributed by atoms with van der Waals surface area (Å²) in [5.74, 6) is 0. The van der Waals surface area contributed by atoms with Crippen LogP contribution in [0.5, 0.6) is 0 Å². The van der Waals surface area contributed by atoms with E-state index >= 15 is 0 Å². The fourth-order valence-electron chi connectivity index (χ4n) is 5.99. The lowest BCUT2D eigenvalue weighted by Gasteiger charge is -2.26. The van der Waals surface area contributed by atoms with Crippen molar-refractivity contribution in [1.29, 1.82) is 0 Å². The van der Waals surface area contributed by atoms with Gasteiger partial charge in [-0.1, -0.05) is 110 Å². The van der Waals surface area contributed by atoms with Gasteiger partial charge in [-0.05, 0) is 95.1 Å². The molecule has 2 heteroatoms. The highest BCUT2D eigenvalue weighted by Gasteiger charge is 2.18. The van der Waals surface area contributed by atoms with Gasteiger partial charge in [0.15, 0.2) is 0 Å². The van der Waals surface area contributed by atoms with Crippen LogP contribution in [0, 0.1) is 0 Å². The summed E-state index contributed by atoms with van der Waals surface area (Å²) in [5, 5.41) is 3.63. The Bertz CT molecular complexity index is 2100. The predicted octanol–water partition coefficient (Wildman–Crippen LogP) is 11.6. The molecule has 0 aliphatic carbocycles. The minimum Gasteiger partial charge on any atom is -0.310 e. The second kappa shape index (κ2) is 11.3. The monoisotopic (exact) mass is 552 g/mol. The lowest BCUT2D eigenvalue weighted by molar-refractivity contribution is 1.13. The van der Waals surface area contributed by atoms with Crippen LogP contribution >= 0.6 is 0 Å². The summed E-state index contributed by atoms with van der Waals surface area (Å²) in [6.45, 7) is 6.14. The number of hydrogen-bond acceptors (Lipinski definition) is 1. The number of rotatable bonds is 7. The Morgan fingerprint density at radius 1 is 0.558 bits per heavy atom. The topological polar surface area (TPSA) is 8.17 Å². The SMILES string of the molecule is C=Cc1cc(-n2c(-c3ccccc3)cc3cc(N(c4ccccc4)c4ccc5ccccc5c4)ccc32)ccc1/C=C\C. The van der Waals surface area contributed by atoms with Crippen molar-refractivity contribution in [2.45, 2.75) is 6.92 Å². The zero-order valence-corrected chi connectivity index (χ0v) is 24.2. The molecule has 0 aliphatic heterocycles. The van der Waals surface area contributed by atoms with Gasteiger partial charge in [0.25, 0.3) is 0 Å². The maximum Gasteiger partial charge on any atom is 0.0541 e. The molecule has 0 saturated carbocycles. The molecule has 0 spiro atoms. The molecule has 7 rings (SSSR count). The number of hydrogen-bond donors (Lipinski definition) is 0. The Balaban J connectivity index is 1.44. The average molecular weight is 553 g/mol. The summed E-state index contributed by atoms with van der Waals surface area (Å²) in [6.07, 6.45) is 6.13. The molecular weight excluding hydrogens is 520 g/mol. The molecule has 43 heavy (non-hydrogen) atoms. The first-order valence-electron chi connectivity index (χ1n) is 14.7. The van der Waals surface area contributed by atoms with Crippen molar-refractivity contribution in [1.82, 2.24) is 4.57 Å². The third-order valence-electron chi connectivity index (χ3n) is 8.01. The zero-order chi connectivity index (χ0) is 29.2. The molecule has 206 valence electrons. The number of aromatic nitrogens is 1. The maximum absolute atomic E-state index is 4.10. The van der Waals surface area contributed by atoms with Gasteiger partial charge in [-0.2, -0.15) is 0 Å². The molecule has 0 saturated heterocycles. The summed E-state index contributed by atoms with van der Waals surface area (Å²) in [7, 11) is 0. The van der Waals surface area contributed by atoms with Crippen LogP contribution in [0.25, 0.3) is 50.8 Å². The van der Waals surface area contributed by atoms with E-state index in [1.165, 1.54) is 21.7 Å². The van der Waals surface area contributed by atoms with Gasteiger partial charge in [-0.25, -0.2) is 0 Å². The maximum atomic E-state index is 4.10. The summed E-state index contributed by atoms with van der Waals surface area (Å²) < 4.78 is 2.36. The Morgan fingerprint density at radius 3 is 1.98 bits per heavy atom. The normalized spacial score (nSPS) is 11.4. The Labute approximate surface area is 253 Å².